The molecule has 0 aliphatic heterocycles. The van der Waals surface area contributed by atoms with Crippen LogP contribution in [0, 0.1) is 6.92 Å². The summed E-state index contributed by atoms with van der Waals surface area (Å²) in [5, 5.41) is 11.6. The van der Waals surface area contributed by atoms with Gasteiger partial charge in [0.1, 0.15) is 5.75 Å². The van der Waals surface area contributed by atoms with E-state index >= 15 is 0 Å². The molecular formula is C25H20O5. The number of Topliss-reactive ketones (excluding diaryl/α,β-unsaturated/α-hetero) is 1. The highest BCUT2D eigenvalue weighted by Gasteiger charge is 2.35. The molecule has 150 valence electrons. The highest BCUT2D eigenvalue weighted by Crippen LogP contribution is 2.40. The van der Waals surface area contributed by atoms with Crippen LogP contribution < -0.4 is 0 Å². The summed E-state index contributed by atoms with van der Waals surface area (Å²) in [6.45, 7) is 3.64. The zero-order valence-corrected chi connectivity index (χ0v) is 16.7. The van der Waals surface area contributed by atoms with Crippen LogP contribution in [0.1, 0.15) is 49.1 Å². The number of rotatable bonds is 4. The predicted molar refractivity (Wildman–Crippen MR) is 113 cm³/mol. The highest BCUT2D eigenvalue weighted by molar-refractivity contribution is 6.31. The molecule has 0 bridgehead atoms. The van der Waals surface area contributed by atoms with Crippen molar-refractivity contribution in [3.8, 4) is 5.75 Å². The number of aryl methyl sites for hydroxylation is 1. The van der Waals surface area contributed by atoms with Gasteiger partial charge < -0.3 is 9.84 Å². The molecule has 0 aromatic heterocycles. The Balaban J connectivity index is 1.98. The van der Waals surface area contributed by atoms with E-state index in [1.54, 1.807) is 25.1 Å². The fourth-order valence-electron chi connectivity index (χ4n) is 3.87. The number of ketones is 2. The summed E-state index contributed by atoms with van der Waals surface area (Å²) in [6, 6.07) is 14.4. The molecule has 1 aliphatic carbocycles. The van der Waals surface area contributed by atoms with E-state index in [0.717, 1.165) is 11.1 Å². The topological polar surface area (TPSA) is 80.7 Å². The maximum absolute atomic E-state index is 13.4. The van der Waals surface area contributed by atoms with Gasteiger partial charge in [0, 0.05) is 22.8 Å². The summed E-state index contributed by atoms with van der Waals surface area (Å²) < 4.78 is 5.22. The summed E-state index contributed by atoms with van der Waals surface area (Å²) in [5.74, 6) is -1.93. The first-order valence-electron chi connectivity index (χ1n) is 9.72. The lowest BCUT2D eigenvalue weighted by Crippen LogP contribution is -2.23. The molecule has 5 nitrogen and oxygen atoms in total. The highest BCUT2D eigenvalue weighted by atomic mass is 16.5. The largest absolute Gasteiger partial charge is 0.507 e. The lowest BCUT2D eigenvalue weighted by atomic mass is 9.81. The predicted octanol–water partition coefficient (Wildman–Crippen LogP) is 4.58. The zero-order chi connectivity index (χ0) is 21.4. The molecule has 0 atom stereocenters. The van der Waals surface area contributed by atoms with Crippen LogP contribution in [-0.2, 0) is 11.2 Å². The third kappa shape index (κ3) is 3.18. The summed E-state index contributed by atoms with van der Waals surface area (Å²) in [4.78, 5) is 39.3. The normalized spacial score (nSPS) is 13.2. The van der Waals surface area contributed by atoms with Gasteiger partial charge in [0.25, 0.3) is 0 Å². The number of hydrogen-bond donors (Lipinski definition) is 1. The Kier molecular flexibility index (Phi) is 4.96. The summed E-state index contributed by atoms with van der Waals surface area (Å²) in [7, 11) is 0. The van der Waals surface area contributed by atoms with Crippen molar-refractivity contribution in [1.82, 2.24) is 0 Å². The minimum absolute atomic E-state index is 0.0281. The first kappa shape index (κ1) is 19.6. The molecule has 3 aromatic rings. The van der Waals surface area contributed by atoms with Gasteiger partial charge >= 0.3 is 5.97 Å². The molecule has 4 rings (SSSR count). The lowest BCUT2D eigenvalue weighted by Gasteiger charge is -2.21. The molecule has 0 fully saturated rings. The second-order valence-electron chi connectivity index (χ2n) is 7.27. The van der Waals surface area contributed by atoms with Crippen LogP contribution in [0.15, 0.2) is 60.2 Å². The Morgan fingerprint density at radius 2 is 1.73 bits per heavy atom. The Labute approximate surface area is 173 Å². The molecule has 1 aliphatic rings. The standard InChI is InChI=1S/C25H20O5/c1-3-30-25(29)20-18-11-14(2)9-10-17(18)24(28)21-19(26)13-16(23(27)22(20)21)12-15-7-5-4-6-8-15/h4-11,13,28H,3,12H2,1-2H3. The number of allylic oxidation sites excluding steroid dienone is 2. The Bertz CT molecular complexity index is 1240. The van der Waals surface area contributed by atoms with Gasteiger partial charge in [-0.05, 0) is 25.5 Å². The van der Waals surface area contributed by atoms with Gasteiger partial charge in [-0.3, -0.25) is 9.59 Å². The van der Waals surface area contributed by atoms with E-state index in [1.807, 2.05) is 37.3 Å². The van der Waals surface area contributed by atoms with Crippen molar-refractivity contribution in [1.29, 1.82) is 0 Å². The van der Waals surface area contributed by atoms with E-state index in [4.69, 9.17) is 4.74 Å². The van der Waals surface area contributed by atoms with Gasteiger partial charge in [-0.15, -0.1) is 0 Å². The third-order valence-electron chi connectivity index (χ3n) is 5.22. The Morgan fingerprint density at radius 3 is 2.43 bits per heavy atom. The fourth-order valence-corrected chi connectivity index (χ4v) is 3.87. The molecule has 0 spiro atoms. The number of fused-ring (bicyclic) bond motifs is 2. The Morgan fingerprint density at radius 1 is 1.00 bits per heavy atom. The van der Waals surface area contributed by atoms with Crippen molar-refractivity contribution in [2.75, 3.05) is 6.61 Å². The van der Waals surface area contributed by atoms with E-state index in [1.165, 1.54) is 6.08 Å². The van der Waals surface area contributed by atoms with Gasteiger partial charge in [-0.1, -0.05) is 54.1 Å². The van der Waals surface area contributed by atoms with Crippen LogP contribution in [0.3, 0.4) is 0 Å². The molecule has 0 saturated carbocycles. The lowest BCUT2D eigenvalue weighted by molar-refractivity contribution is 0.0526. The number of phenols is 1. The number of esters is 1. The summed E-state index contributed by atoms with van der Waals surface area (Å²) in [5.41, 5.74) is 1.80. The molecule has 0 saturated heterocycles. The molecule has 30 heavy (non-hydrogen) atoms. The van der Waals surface area contributed by atoms with Crippen molar-refractivity contribution in [3.05, 3.63) is 88.0 Å². The van der Waals surface area contributed by atoms with Crippen LogP contribution in [-0.4, -0.2) is 29.2 Å². The van der Waals surface area contributed by atoms with Crippen molar-refractivity contribution < 1.29 is 24.2 Å². The van der Waals surface area contributed by atoms with Crippen molar-refractivity contribution >= 4 is 28.3 Å². The second-order valence-corrected chi connectivity index (χ2v) is 7.27. The SMILES string of the molecule is CCOC(=O)c1c2c(c(O)c3ccc(C)cc13)C(=O)C=C(Cc1ccccc1)C2=O. The summed E-state index contributed by atoms with van der Waals surface area (Å²) in [6.07, 6.45) is 1.51. The number of phenolic OH excluding ortho intramolecular Hbond substituents is 1. The maximum Gasteiger partial charge on any atom is 0.339 e. The first-order valence-corrected chi connectivity index (χ1v) is 9.72. The monoisotopic (exact) mass is 400 g/mol. The van der Waals surface area contributed by atoms with Gasteiger partial charge in [0.05, 0.1) is 23.3 Å². The molecule has 5 heteroatoms. The van der Waals surface area contributed by atoms with E-state index < -0.39 is 17.5 Å². The maximum atomic E-state index is 13.4. The van der Waals surface area contributed by atoms with Crippen molar-refractivity contribution in [2.45, 2.75) is 20.3 Å². The first-order chi connectivity index (χ1) is 14.4. The smallest absolute Gasteiger partial charge is 0.339 e. The molecular weight excluding hydrogens is 380 g/mol. The molecule has 1 N–H and O–H groups in total. The number of carbonyl (C=O) groups excluding carboxylic acids is 3. The van der Waals surface area contributed by atoms with Gasteiger partial charge in [-0.2, -0.15) is 0 Å². The molecule has 0 amide bonds. The number of carbonyl (C=O) groups is 3. The average molecular weight is 400 g/mol. The summed E-state index contributed by atoms with van der Waals surface area (Å²) >= 11 is 0. The third-order valence-corrected chi connectivity index (χ3v) is 5.22. The average Bonchev–Trinajstić information content (AvgIpc) is 2.72. The number of aromatic hydroxyl groups is 1. The number of benzene rings is 3. The number of hydrogen-bond acceptors (Lipinski definition) is 5. The van der Waals surface area contributed by atoms with Crippen molar-refractivity contribution in [3.63, 3.8) is 0 Å². The Hall–Kier alpha value is -3.73. The van der Waals surface area contributed by atoms with Crippen LogP contribution in [0.25, 0.3) is 10.8 Å². The van der Waals surface area contributed by atoms with Gasteiger partial charge in [-0.25, -0.2) is 4.79 Å². The molecule has 0 heterocycles. The minimum Gasteiger partial charge on any atom is -0.507 e. The van der Waals surface area contributed by atoms with E-state index in [2.05, 4.69) is 0 Å². The van der Waals surface area contributed by atoms with E-state index in [0.29, 0.717) is 10.8 Å². The van der Waals surface area contributed by atoms with Crippen LogP contribution in [0.4, 0.5) is 0 Å². The number of ether oxygens (including phenoxy) is 1. The van der Waals surface area contributed by atoms with Crippen LogP contribution >= 0.6 is 0 Å². The van der Waals surface area contributed by atoms with E-state index in [-0.39, 0.29) is 41.0 Å². The minimum atomic E-state index is -0.688. The van der Waals surface area contributed by atoms with Gasteiger partial charge in [0.2, 0.25) is 0 Å². The molecule has 0 unspecified atom stereocenters. The van der Waals surface area contributed by atoms with Gasteiger partial charge in [0.15, 0.2) is 11.6 Å². The molecule has 0 radical (unpaired) electrons. The van der Waals surface area contributed by atoms with Crippen LogP contribution in [0.2, 0.25) is 0 Å². The zero-order valence-electron chi connectivity index (χ0n) is 16.7. The molecule has 3 aromatic carbocycles. The van der Waals surface area contributed by atoms with Crippen LogP contribution in [0.5, 0.6) is 5.75 Å². The second kappa shape index (κ2) is 7.59. The fraction of sp³-hybridized carbons (Fsp3) is 0.160. The van der Waals surface area contributed by atoms with E-state index in [9.17, 15) is 19.5 Å². The quantitative estimate of drug-likeness (QED) is 0.649. The van der Waals surface area contributed by atoms with Crippen molar-refractivity contribution in [2.24, 2.45) is 0 Å².